The zero-order valence-corrected chi connectivity index (χ0v) is 50.1. The van der Waals surface area contributed by atoms with E-state index in [1.807, 2.05) is 0 Å². The molecule has 0 spiro atoms. The minimum Gasteiger partial charge on any atom is -0.481 e. The van der Waals surface area contributed by atoms with Gasteiger partial charge in [0.1, 0.15) is 37.1 Å². The number of ether oxygens (including phenoxy) is 4. The molecule has 0 unspecified atom stereocenters. The lowest BCUT2D eigenvalue weighted by Crippen LogP contribution is -2.43. The fourth-order valence-corrected chi connectivity index (χ4v) is 9.45. The number of hydrogen-bond donors (Lipinski definition) is 9. The molecule has 0 aromatic rings. The molecule has 488 valence electrons. The van der Waals surface area contributed by atoms with Crippen molar-refractivity contribution < 1.29 is 103 Å². The van der Waals surface area contributed by atoms with Crippen molar-refractivity contribution in [2.75, 3.05) is 72.5 Å². The van der Waals surface area contributed by atoms with Gasteiger partial charge in [-0.2, -0.15) is 0 Å². The van der Waals surface area contributed by atoms with Gasteiger partial charge in [-0.3, -0.25) is 43.2 Å². The maximum Gasteiger partial charge on any atom is 0.326 e. The monoisotopic (exact) mass is 1220 g/mol. The highest BCUT2D eigenvalue weighted by atomic mass is 16.5. The van der Waals surface area contributed by atoms with Gasteiger partial charge < -0.3 is 70.6 Å². The molecular weight excluding hydrogens is 1110 g/mol. The lowest BCUT2D eigenvalue weighted by molar-refractivity contribution is -0.149. The van der Waals surface area contributed by atoms with Crippen molar-refractivity contribution >= 4 is 70.9 Å². The van der Waals surface area contributed by atoms with Gasteiger partial charge in [-0.25, -0.2) is 14.4 Å². The Morgan fingerprint density at radius 1 is 0.459 bits per heavy atom. The van der Waals surface area contributed by atoms with Gasteiger partial charge >= 0.3 is 29.8 Å². The average Bonchev–Trinajstić information content (AvgIpc) is 4.19. The van der Waals surface area contributed by atoms with Crippen LogP contribution in [0.2, 0.25) is 0 Å². The van der Waals surface area contributed by atoms with Crippen LogP contribution in [0.1, 0.15) is 201 Å². The zero-order valence-electron chi connectivity index (χ0n) is 50.1. The van der Waals surface area contributed by atoms with Gasteiger partial charge in [0.15, 0.2) is 5.78 Å². The second kappa shape index (κ2) is 49.0. The Labute approximate surface area is 501 Å². The van der Waals surface area contributed by atoms with Gasteiger partial charge in [-0.1, -0.05) is 90.4 Å². The normalized spacial score (nSPS) is 14.4. The average molecular weight is 1220 g/mol. The van der Waals surface area contributed by atoms with Crippen LogP contribution in [0.25, 0.3) is 0 Å². The molecule has 0 radical (unpaired) electrons. The first-order valence-corrected chi connectivity index (χ1v) is 30.6. The molecule has 1 aliphatic heterocycles. The van der Waals surface area contributed by atoms with Crippen LogP contribution < -0.4 is 21.3 Å². The van der Waals surface area contributed by atoms with E-state index >= 15 is 0 Å². The second-order valence-electron chi connectivity index (χ2n) is 21.8. The van der Waals surface area contributed by atoms with Crippen LogP contribution in [0.5, 0.6) is 0 Å². The fraction of sp³-hybridized carbons (Fsp3) is 0.797. The Balaban J connectivity index is 0.0000722. The summed E-state index contributed by atoms with van der Waals surface area (Å²) in [5, 5.41) is 57.0. The number of carbonyl (C=O) groups excluding carboxylic acids is 7. The number of rotatable bonds is 57. The molecule has 5 atom stereocenters. The van der Waals surface area contributed by atoms with E-state index in [1.54, 1.807) is 6.92 Å². The third-order valence-corrected chi connectivity index (χ3v) is 14.4. The second-order valence-corrected chi connectivity index (χ2v) is 21.8. The number of nitrogens with zero attached hydrogens (tertiary/aromatic N) is 1. The van der Waals surface area contributed by atoms with Crippen LogP contribution >= 0.6 is 0 Å². The summed E-state index contributed by atoms with van der Waals surface area (Å²) in [5.41, 5.74) is 0. The Hall–Kier alpha value is -6.12. The molecule has 5 amide bonds. The maximum absolute atomic E-state index is 12.7. The topological polar surface area (TPSA) is 394 Å². The van der Waals surface area contributed by atoms with Crippen molar-refractivity contribution in [2.24, 2.45) is 11.8 Å². The third-order valence-electron chi connectivity index (χ3n) is 14.4. The van der Waals surface area contributed by atoms with Crippen molar-refractivity contribution in [3.05, 3.63) is 0 Å². The molecular formula is C59H101N5O21. The van der Waals surface area contributed by atoms with E-state index < -0.39 is 84.5 Å². The Morgan fingerprint density at radius 2 is 0.965 bits per heavy atom. The van der Waals surface area contributed by atoms with Crippen LogP contribution in [0.3, 0.4) is 0 Å². The predicted octanol–water partition coefficient (Wildman–Crippen LogP) is 5.23. The molecule has 1 rings (SSSR count). The highest BCUT2D eigenvalue weighted by molar-refractivity contribution is 5.88. The van der Waals surface area contributed by atoms with Crippen molar-refractivity contribution in [1.82, 2.24) is 26.2 Å². The third kappa shape index (κ3) is 41.6. The molecule has 1 heterocycles. The number of hydrogen-bond acceptors (Lipinski definition) is 16. The highest BCUT2D eigenvalue weighted by Crippen LogP contribution is 2.22. The molecule has 26 heteroatoms. The first-order chi connectivity index (χ1) is 40.7. The summed E-state index contributed by atoms with van der Waals surface area (Å²) in [6, 6.07) is -3.43. The van der Waals surface area contributed by atoms with E-state index in [4.69, 9.17) is 24.1 Å². The van der Waals surface area contributed by atoms with E-state index in [0.717, 1.165) is 51.4 Å². The number of carboxylic acids is 5. The van der Waals surface area contributed by atoms with E-state index in [-0.39, 0.29) is 148 Å². The number of Topliss-reactive ketones (excluding diaryl/α,β-unsaturated/α-hetero) is 2. The first-order valence-electron chi connectivity index (χ1n) is 30.6. The van der Waals surface area contributed by atoms with Crippen LogP contribution in [-0.4, -0.2) is 192 Å². The molecule has 1 fully saturated rings. The maximum atomic E-state index is 12.7. The number of carbonyl (C=O) groups is 12. The van der Waals surface area contributed by atoms with Crippen LogP contribution in [0.15, 0.2) is 0 Å². The summed E-state index contributed by atoms with van der Waals surface area (Å²) in [7, 11) is 0. The molecule has 9 N–H and O–H groups in total. The van der Waals surface area contributed by atoms with E-state index in [0.29, 0.717) is 51.5 Å². The van der Waals surface area contributed by atoms with Crippen molar-refractivity contribution in [3.8, 4) is 0 Å². The fourth-order valence-electron chi connectivity index (χ4n) is 9.45. The lowest BCUT2D eigenvalue weighted by Gasteiger charge is -2.24. The van der Waals surface area contributed by atoms with Crippen LogP contribution in [0.4, 0.5) is 0 Å². The van der Waals surface area contributed by atoms with E-state index in [2.05, 4.69) is 21.3 Å². The summed E-state index contributed by atoms with van der Waals surface area (Å²) in [4.78, 5) is 146. The number of nitrogens with one attached hydrogen (secondary N) is 4. The van der Waals surface area contributed by atoms with Crippen LogP contribution in [-0.2, 0) is 76.5 Å². The van der Waals surface area contributed by atoms with Gasteiger partial charge in [0.2, 0.25) is 29.5 Å². The van der Waals surface area contributed by atoms with Crippen LogP contribution in [0, 0.1) is 11.8 Å². The molecule has 0 aliphatic carbocycles. The molecule has 85 heavy (non-hydrogen) atoms. The molecule has 1 saturated heterocycles. The number of ketones is 2. The quantitative estimate of drug-likeness (QED) is 0.0352. The number of aliphatic carboxylic acids is 5. The van der Waals surface area contributed by atoms with Gasteiger partial charge in [0.25, 0.3) is 0 Å². The Bertz CT molecular complexity index is 2030. The molecule has 26 nitrogen and oxygen atoms in total. The molecule has 0 saturated carbocycles. The molecule has 0 bridgehead atoms. The minimum absolute atomic E-state index is 0. The number of amides is 5. The molecule has 0 aromatic heterocycles. The summed E-state index contributed by atoms with van der Waals surface area (Å²) >= 11 is 0. The highest BCUT2D eigenvalue weighted by Gasteiger charge is 2.35. The van der Waals surface area contributed by atoms with Gasteiger partial charge in [0, 0.05) is 78.5 Å². The minimum atomic E-state index is -1.45. The molecule has 0 aromatic carbocycles. The number of likely N-dealkylation sites (tertiary alicyclic amines) is 1. The first kappa shape index (κ1) is 76.9. The molecule has 1 aliphatic rings. The standard InChI is InChI=1S/C59H99N5O21.H2/c1-43(55(73)64-33-18-22-49(64)59(80)81)20-16-17-31-60-50(67)29-25-44(56(74)75)40-45(65)26-27-47(57(76)77)63-53(70)42-85-39-36-82-34-19-21-46(66)41-84-38-37-83-35-32-61-51(68)30-28-48(58(78)79)62-52(69)23-14-12-10-8-6-4-2-3-5-7-9-11-13-15-24-54(71)72;/h43-44,47-49H,2-42H2,1H3,(H,60,67)(H,61,68)(H,62,69)(H,63,70)(H,71,72)(H,74,75)(H,76,77)(H,78,79)(H,80,81);1H/t43-,44+,47-,48-,49-;/m0./s1. The summed E-state index contributed by atoms with van der Waals surface area (Å²) in [6.07, 6.45) is 16.9. The SMILES string of the molecule is C[C@@H](CCCCNC(=O)CC[C@H](CC(=O)CC[C@H](NC(=O)COCCOCCCC(=O)COCCOCCNC(=O)CC[C@H](NC(=O)CCCCCCCCCCCCCCCCC(=O)O)C(=O)O)C(=O)O)C(=O)O)C(=O)N1CCC[C@H]1C(=O)O.[HH]. The predicted molar refractivity (Wildman–Crippen MR) is 310 cm³/mol. The van der Waals surface area contributed by atoms with Gasteiger partial charge in [-0.05, 0) is 64.2 Å². The van der Waals surface area contributed by atoms with E-state index in [9.17, 15) is 78.0 Å². The van der Waals surface area contributed by atoms with Gasteiger partial charge in [-0.15, -0.1) is 0 Å². The Kier molecular flexibility index (Phi) is 44.4. The van der Waals surface area contributed by atoms with Crippen molar-refractivity contribution in [2.45, 2.75) is 218 Å². The largest absolute Gasteiger partial charge is 0.481 e. The number of carboxylic acid groups (broad SMARTS) is 5. The number of unbranched alkanes of at least 4 members (excludes halogenated alkanes) is 14. The van der Waals surface area contributed by atoms with Gasteiger partial charge in [0.05, 0.1) is 39.0 Å². The smallest absolute Gasteiger partial charge is 0.326 e. The summed E-state index contributed by atoms with van der Waals surface area (Å²) in [5.74, 6) is -10.1. The summed E-state index contributed by atoms with van der Waals surface area (Å²) in [6.45, 7) is 2.66. The summed E-state index contributed by atoms with van der Waals surface area (Å²) < 4.78 is 21.4. The van der Waals surface area contributed by atoms with Crippen molar-refractivity contribution in [1.29, 1.82) is 0 Å². The Morgan fingerprint density at radius 3 is 1.53 bits per heavy atom. The van der Waals surface area contributed by atoms with E-state index in [1.165, 1.54) is 37.0 Å². The zero-order chi connectivity index (χ0) is 63.0. The lowest BCUT2D eigenvalue weighted by atomic mass is 9.94. The van der Waals surface area contributed by atoms with Crippen molar-refractivity contribution in [3.63, 3.8) is 0 Å².